The lowest BCUT2D eigenvalue weighted by Crippen LogP contribution is -2.37. The molecule has 0 radical (unpaired) electrons. The van der Waals surface area contributed by atoms with Gasteiger partial charge in [0.05, 0.1) is 4.92 Å². The van der Waals surface area contributed by atoms with Crippen LogP contribution < -0.4 is 4.90 Å². The molecule has 100 valence electrons. The number of hydrogen-bond donors (Lipinski definition) is 0. The van der Waals surface area contributed by atoms with Crippen molar-refractivity contribution in [3.63, 3.8) is 0 Å². The summed E-state index contributed by atoms with van der Waals surface area (Å²) in [7, 11) is 0. The van der Waals surface area contributed by atoms with Gasteiger partial charge in [0.25, 0.3) is 5.69 Å². The Labute approximate surface area is 111 Å². The SMILES string of the molecule is C[C@@H]1C[C@@H]1C(=O)N1c2ccc([N+](=O)[O-])cc2C[C@@H]1C. The lowest BCUT2D eigenvalue weighted by molar-refractivity contribution is -0.384. The van der Waals surface area contributed by atoms with Crippen molar-refractivity contribution in [1.82, 2.24) is 0 Å². The van der Waals surface area contributed by atoms with E-state index >= 15 is 0 Å². The summed E-state index contributed by atoms with van der Waals surface area (Å²) < 4.78 is 0. The van der Waals surface area contributed by atoms with E-state index in [1.54, 1.807) is 12.1 Å². The quantitative estimate of drug-likeness (QED) is 0.606. The molecule has 1 aliphatic carbocycles. The van der Waals surface area contributed by atoms with Crippen LogP contribution in [-0.4, -0.2) is 16.9 Å². The van der Waals surface area contributed by atoms with E-state index in [9.17, 15) is 14.9 Å². The molecule has 3 atom stereocenters. The van der Waals surface area contributed by atoms with Crippen molar-refractivity contribution in [1.29, 1.82) is 0 Å². The molecule has 1 aromatic rings. The van der Waals surface area contributed by atoms with Gasteiger partial charge in [0.15, 0.2) is 0 Å². The Kier molecular flexibility index (Phi) is 2.59. The van der Waals surface area contributed by atoms with E-state index in [-0.39, 0.29) is 23.6 Å². The molecular weight excluding hydrogens is 244 g/mol. The molecule has 5 nitrogen and oxygen atoms in total. The number of nitro groups is 1. The first-order valence-corrected chi connectivity index (χ1v) is 6.59. The van der Waals surface area contributed by atoms with Gasteiger partial charge in [-0.2, -0.15) is 0 Å². The van der Waals surface area contributed by atoms with Crippen LogP contribution in [0, 0.1) is 22.0 Å². The molecule has 1 saturated carbocycles. The number of benzene rings is 1. The van der Waals surface area contributed by atoms with Crippen LogP contribution in [0.1, 0.15) is 25.8 Å². The van der Waals surface area contributed by atoms with Gasteiger partial charge < -0.3 is 4.90 Å². The molecule has 1 aromatic carbocycles. The third-order valence-electron chi connectivity index (χ3n) is 4.15. The number of rotatable bonds is 2. The Bertz CT molecular complexity index is 570. The molecule has 5 heteroatoms. The van der Waals surface area contributed by atoms with Gasteiger partial charge in [-0.15, -0.1) is 0 Å². The molecule has 3 rings (SSSR count). The molecule has 1 heterocycles. The topological polar surface area (TPSA) is 63.5 Å². The molecule has 0 spiro atoms. The van der Waals surface area contributed by atoms with Crippen LogP contribution in [0.4, 0.5) is 11.4 Å². The lowest BCUT2D eigenvalue weighted by atomic mass is 10.1. The zero-order valence-electron chi connectivity index (χ0n) is 11.0. The second-order valence-corrected chi connectivity index (χ2v) is 5.65. The van der Waals surface area contributed by atoms with Gasteiger partial charge in [0.2, 0.25) is 5.91 Å². The predicted molar refractivity (Wildman–Crippen MR) is 71.0 cm³/mol. The third kappa shape index (κ3) is 1.89. The average Bonchev–Trinajstić information content (AvgIpc) is 2.99. The van der Waals surface area contributed by atoms with E-state index in [4.69, 9.17) is 0 Å². The van der Waals surface area contributed by atoms with Crippen LogP contribution >= 0.6 is 0 Å². The highest BCUT2D eigenvalue weighted by Gasteiger charge is 2.45. The number of anilines is 1. The fourth-order valence-electron chi connectivity index (χ4n) is 2.91. The normalized spacial score (nSPS) is 28.1. The molecule has 1 fully saturated rings. The number of carbonyl (C=O) groups excluding carboxylic acids is 1. The minimum atomic E-state index is -0.390. The van der Waals surface area contributed by atoms with Crippen LogP contribution in [0.3, 0.4) is 0 Å². The van der Waals surface area contributed by atoms with Crippen LogP contribution in [0.15, 0.2) is 18.2 Å². The number of hydrogen-bond acceptors (Lipinski definition) is 3. The number of nitro benzene ring substituents is 1. The molecular formula is C14H16N2O3. The van der Waals surface area contributed by atoms with Crippen LogP contribution in [0.25, 0.3) is 0 Å². The van der Waals surface area contributed by atoms with Gasteiger partial charge in [-0.25, -0.2) is 0 Å². The summed E-state index contributed by atoms with van der Waals surface area (Å²) in [5.74, 6) is 0.790. The second kappa shape index (κ2) is 4.05. The Morgan fingerprint density at radius 1 is 1.42 bits per heavy atom. The van der Waals surface area contributed by atoms with Gasteiger partial charge in [-0.1, -0.05) is 6.92 Å². The van der Waals surface area contributed by atoms with E-state index in [0.29, 0.717) is 12.3 Å². The molecule has 2 aliphatic rings. The summed E-state index contributed by atoms with van der Waals surface area (Å²) in [6, 6.07) is 4.88. The summed E-state index contributed by atoms with van der Waals surface area (Å²) >= 11 is 0. The minimum Gasteiger partial charge on any atom is -0.309 e. The van der Waals surface area contributed by atoms with Crippen LogP contribution in [0.5, 0.6) is 0 Å². The standard InChI is InChI=1S/C14H16N2O3/c1-8-5-12(8)14(17)15-9(2)6-10-7-11(16(18)19)3-4-13(10)15/h3-4,7-9,12H,5-6H2,1-2H3/t8-,9+,12+/m1/s1. The monoisotopic (exact) mass is 260 g/mol. The fraction of sp³-hybridized carbons (Fsp3) is 0.500. The smallest absolute Gasteiger partial charge is 0.269 e. The van der Waals surface area contributed by atoms with Gasteiger partial charge in [-0.3, -0.25) is 14.9 Å². The Balaban J connectivity index is 1.94. The molecule has 0 unspecified atom stereocenters. The van der Waals surface area contributed by atoms with Gasteiger partial charge in [0, 0.05) is 29.8 Å². The number of non-ortho nitro benzene ring substituents is 1. The molecule has 1 aliphatic heterocycles. The lowest BCUT2D eigenvalue weighted by Gasteiger charge is -2.22. The summed E-state index contributed by atoms with van der Waals surface area (Å²) in [5, 5.41) is 10.8. The number of amides is 1. The van der Waals surface area contributed by atoms with E-state index in [0.717, 1.165) is 17.7 Å². The minimum absolute atomic E-state index is 0.0947. The summed E-state index contributed by atoms with van der Waals surface area (Å²) in [5.41, 5.74) is 1.85. The highest BCUT2D eigenvalue weighted by molar-refractivity contribution is 5.99. The largest absolute Gasteiger partial charge is 0.309 e. The maximum absolute atomic E-state index is 12.4. The van der Waals surface area contributed by atoms with Crippen molar-refractivity contribution < 1.29 is 9.72 Å². The van der Waals surface area contributed by atoms with Crippen LogP contribution in [0.2, 0.25) is 0 Å². The molecule has 1 amide bonds. The highest BCUT2D eigenvalue weighted by atomic mass is 16.6. The zero-order chi connectivity index (χ0) is 13.7. The zero-order valence-corrected chi connectivity index (χ0v) is 11.0. The van der Waals surface area contributed by atoms with Crippen molar-refractivity contribution in [2.45, 2.75) is 32.7 Å². The van der Waals surface area contributed by atoms with E-state index < -0.39 is 4.92 Å². The van der Waals surface area contributed by atoms with Crippen molar-refractivity contribution in [2.75, 3.05) is 4.90 Å². The number of fused-ring (bicyclic) bond motifs is 1. The molecule has 0 aromatic heterocycles. The fourth-order valence-corrected chi connectivity index (χ4v) is 2.91. The van der Waals surface area contributed by atoms with Crippen molar-refractivity contribution in [3.8, 4) is 0 Å². The van der Waals surface area contributed by atoms with E-state index in [1.165, 1.54) is 6.07 Å². The first kappa shape index (κ1) is 12.1. The molecule has 19 heavy (non-hydrogen) atoms. The Hall–Kier alpha value is -1.91. The predicted octanol–water partition coefficient (Wildman–Crippen LogP) is 2.53. The Morgan fingerprint density at radius 3 is 2.68 bits per heavy atom. The summed E-state index contributed by atoms with van der Waals surface area (Å²) in [6.07, 6.45) is 1.66. The molecule has 0 N–H and O–H groups in total. The third-order valence-corrected chi connectivity index (χ3v) is 4.15. The maximum Gasteiger partial charge on any atom is 0.269 e. The van der Waals surface area contributed by atoms with Gasteiger partial charge in [0.1, 0.15) is 0 Å². The second-order valence-electron chi connectivity index (χ2n) is 5.65. The van der Waals surface area contributed by atoms with Crippen LogP contribution in [-0.2, 0) is 11.2 Å². The summed E-state index contributed by atoms with van der Waals surface area (Å²) in [6.45, 7) is 4.08. The average molecular weight is 260 g/mol. The molecule has 0 saturated heterocycles. The van der Waals surface area contributed by atoms with E-state index in [1.807, 2.05) is 11.8 Å². The first-order valence-electron chi connectivity index (χ1n) is 6.59. The van der Waals surface area contributed by atoms with Crippen molar-refractivity contribution >= 4 is 17.3 Å². The first-order chi connectivity index (χ1) is 8.99. The van der Waals surface area contributed by atoms with Crippen molar-refractivity contribution in [3.05, 3.63) is 33.9 Å². The summed E-state index contributed by atoms with van der Waals surface area (Å²) in [4.78, 5) is 24.6. The number of nitrogens with zero attached hydrogens (tertiary/aromatic N) is 2. The number of carbonyl (C=O) groups is 1. The Morgan fingerprint density at radius 2 is 2.11 bits per heavy atom. The maximum atomic E-state index is 12.4. The van der Waals surface area contributed by atoms with Gasteiger partial charge in [-0.05, 0) is 37.3 Å². The highest BCUT2D eigenvalue weighted by Crippen LogP contribution is 2.43. The molecule has 0 bridgehead atoms. The van der Waals surface area contributed by atoms with E-state index in [2.05, 4.69) is 6.92 Å². The van der Waals surface area contributed by atoms with Crippen molar-refractivity contribution in [2.24, 2.45) is 11.8 Å². The van der Waals surface area contributed by atoms with Gasteiger partial charge >= 0.3 is 0 Å².